The number of alkyl halides is 5. The van der Waals surface area contributed by atoms with Crippen LogP contribution in [0.2, 0.25) is 0 Å². The smallest absolute Gasteiger partial charge is 0.313 e. The van der Waals surface area contributed by atoms with Gasteiger partial charge in [-0.15, -0.1) is 0 Å². The molecule has 2 aliphatic carbocycles. The maximum absolute atomic E-state index is 12.8. The highest BCUT2D eigenvalue weighted by molar-refractivity contribution is 4.82. The molecule has 6 heteroatoms. The van der Waals surface area contributed by atoms with Crippen LogP contribution in [0.5, 0.6) is 0 Å². The second-order valence-corrected chi connectivity index (χ2v) is 7.68. The molecule has 0 atom stereocenters. The molecule has 1 nitrogen and oxygen atoms in total. The standard InChI is InChI=1S/C18H29F5O/c1-2-3-13-4-8-15(9-5-13)16-10-6-14(7-11-16)12-24-18(22,23)17(19,20)21/h13-16H,2-12H2,1H3. The van der Waals surface area contributed by atoms with Crippen LogP contribution < -0.4 is 0 Å². The Morgan fingerprint density at radius 3 is 1.62 bits per heavy atom. The first kappa shape index (κ1) is 19.9. The Balaban J connectivity index is 1.69. The lowest BCUT2D eigenvalue weighted by Gasteiger charge is -2.38. The minimum Gasteiger partial charge on any atom is -0.313 e. The van der Waals surface area contributed by atoms with Gasteiger partial charge in [0.15, 0.2) is 0 Å². The van der Waals surface area contributed by atoms with Crippen LogP contribution in [0, 0.1) is 23.7 Å². The van der Waals surface area contributed by atoms with E-state index in [-0.39, 0.29) is 5.92 Å². The molecule has 0 aliphatic heterocycles. The number of ether oxygens (including phenoxy) is 1. The summed E-state index contributed by atoms with van der Waals surface area (Å²) in [5, 5.41) is 0. The highest BCUT2D eigenvalue weighted by atomic mass is 19.4. The van der Waals surface area contributed by atoms with Gasteiger partial charge < -0.3 is 4.74 Å². The van der Waals surface area contributed by atoms with Gasteiger partial charge in [-0.2, -0.15) is 22.0 Å². The Bertz CT molecular complexity index is 366. The molecule has 0 saturated heterocycles. The van der Waals surface area contributed by atoms with E-state index < -0.39 is 18.9 Å². The summed E-state index contributed by atoms with van der Waals surface area (Å²) < 4.78 is 65.8. The van der Waals surface area contributed by atoms with E-state index in [2.05, 4.69) is 11.7 Å². The van der Waals surface area contributed by atoms with Crippen LogP contribution >= 0.6 is 0 Å². The van der Waals surface area contributed by atoms with Crippen LogP contribution in [-0.2, 0) is 4.74 Å². The monoisotopic (exact) mass is 356 g/mol. The first-order valence-corrected chi connectivity index (χ1v) is 9.31. The summed E-state index contributed by atoms with van der Waals surface area (Å²) in [6, 6.07) is 0. The van der Waals surface area contributed by atoms with Crippen LogP contribution in [0.25, 0.3) is 0 Å². The first-order chi connectivity index (χ1) is 11.2. The largest absolute Gasteiger partial charge is 0.482 e. The van der Waals surface area contributed by atoms with Gasteiger partial charge in [0.05, 0.1) is 6.61 Å². The molecule has 2 saturated carbocycles. The lowest BCUT2D eigenvalue weighted by atomic mass is 9.69. The summed E-state index contributed by atoms with van der Waals surface area (Å²) >= 11 is 0. The van der Waals surface area contributed by atoms with Crippen molar-refractivity contribution in [3.8, 4) is 0 Å². The third kappa shape index (κ3) is 5.30. The molecule has 0 radical (unpaired) electrons. The van der Waals surface area contributed by atoms with Crippen molar-refractivity contribution in [3.05, 3.63) is 0 Å². The Kier molecular flexibility index (Phi) is 6.91. The van der Waals surface area contributed by atoms with Crippen LogP contribution in [-0.4, -0.2) is 18.9 Å². The van der Waals surface area contributed by atoms with Crippen molar-refractivity contribution in [2.45, 2.75) is 83.4 Å². The summed E-state index contributed by atoms with van der Waals surface area (Å²) in [5.41, 5.74) is 0. The second-order valence-electron chi connectivity index (χ2n) is 7.68. The Morgan fingerprint density at radius 1 is 0.750 bits per heavy atom. The number of rotatable bonds is 6. The predicted octanol–water partition coefficient (Wildman–Crippen LogP) is 6.57. The zero-order chi connectivity index (χ0) is 17.8. The predicted molar refractivity (Wildman–Crippen MR) is 82.8 cm³/mol. The van der Waals surface area contributed by atoms with Crippen molar-refractivity contribution in [2.24, 2.45) is 23.7 Å². The summed E-state index contributed by atoms with van der Waals surface area (Å²) in [6.45, 7) is 1.72. The summed E-state index contributed by atoms with van der Waals surface area (Å²) in [4.78, 5) is 0. The van der Waals surface area contributed by atoms with Crippen LogP contribution in [0.15, 0.2) is 0 Å². The van der Waals surface area contributed by atoms with E-state index >= 15 is 0 Å². The Morgan fingerprint density at radius 2 is 1.21 bits per heavy atom. The maximum atomic E-state index is 12.8. The van der Waals surface area contributed by atoms with Crippen molar-refractivity contribution < 1.29 is 26.7 Å². The minimum absolute atomic E-state index is 0.175. The van der Waals surface area contributed by atoms with Gasteiger partial charge in [0.25, 0.3) is 0 Å². The van der Waals surface area contributed by atoms with E-state index in [1.54, 1.807) is 0 Å². The average molecular weight is 356 g/mol. The SMILES string of the molecule is CCCC1CCC(C2CCC(COC(F)(F)C(F)(F)F)CC2)CC1. The van der Waals surface area contributed by atoms with Crippen molar-refractivity contribution in [1.29, 1.82) is 0 Å². The zero-order valence-corrected chi connectivity index (χ0v) is 14.4. The second kappa shape index (κ2) is 8.33. The average Bonchev–Trinajstić information content (AvgIpc) is 2.54. The van der Waals surface area contributed by atoms with Gasteiger partial charge in [-0.1, -0.05) is 32.6 Å². The highest BCUT2D eigenvalue weighted by Gasteiger charge is 2.59. The van der Waals surface area contributed by atoms with E-state index in [9.17, 15) is 22.0 Å². The van der Waals surface area contributed by atoms with Crippen molar-refractivity contribution in [1.82, 2.24) is 0 Å². The third-order valence-electron chi connectivity index (χ3n) is 5.98. The van der Waals surface area contributed by atoms with E-state index in [1.807, 2.05) is 0 Å². The van der Waals surface area contributed by atoms with Crippen LogP contribution in [0.1, 0.15) is 71.1 Å². The molecule has 0 aromatic rings. The molecule has 0 aromatic heterocycles. The summed E-state index contributed by atoms with van der Waals surface area (Å²) in [6.07, 6.45) is 0.268. The normalized spacial score (nSPS) is 32.8. The molecule has 0 aromatic carbocycles. The minimum atomic E-state index is -5.62. The first-order valence-electron chi connectivity index (χ1n) is 9.31. The van der Waals surface area contributed by atoms with Crippen molar-refractivity contribution in [2.75, 3.05) is 6.61 Å². The molecule has 0 spiro atoms. The molecule has 0 N–H and O–H groups in total. The van der Waals surface area contributed by atoms with Gasteiger partial charge in [0.2, 0.25) is 0 Å². The van der Waals surface area contributed by atoms with Crippen molar-refractivity contribution >= 4 is 0 Å². The zero-order valence-electron chi connectivity index (χ0n) is 14.4. The van der Waals surface area contributed by atoms with Gasteiger partial charge in [0, 0.05) is 0 Å². The highest BCUT2D eigenvalue weighted by Crippen LogP contribution is 2.43. The third-order valence-corrected chi connectivity index (χ3v) is 5.98. The topological polar surface area (TPSA) is 9.23 Å². The molecule has 2 aliphatic rings. The molecule has 0 bridgehead atoms. The van der Waals surface area contributed by atoms with Gasteiger partial charge in [-0.25, -0.2) is 0 Å². The fourth-order valence-corrected chi connectivity index (χ4v) is 4.49. The van der Waals surface area contributed by atoms with Gasteiger partial charge in [-0.05, 0) is 62.2 Å². The van der Waals surface area contributed by atoms with Gasteiger partial charge in [0.1, 0.15) is 0 Å². The molecule has 2 rings (SSSR count). The molecule has 0 heterocycles. The Hall–Kier alpha value is -0.390. The molecular weight excluding hydrogens is 327 g/mol. The van der Waals surface area contributed by atoms with E-state index in [1.165, 1.54) is 38.5 Å². The van der Waals surface area contributed by atoms with Crippen LogP contribution in [0.4, 0.5) is 22.0 Å². The molecule has 0 amide bonds. The number of halogens is 5. The van der Waals surface area contributed by atoms with E-state index in [0.29, 0.717) is 18.8 Å². The maximum Gasteiger partial charge on any atom is 0.482 e. The van der Waals surface area contributed by atoms with Gasteiger partial charge >= 0.3 is 12.3 Å². The van der Waals surface area contributed by atoms with E-state index in [4.69, 9.17) is 0 Å². The number of hydrogen-bond donors (Lipinski definition) is 0. The van der Waals surface area contributed by atoms with E-state index in [0.717, 1.165) is 24.7 Å². The Labute approximate surface area is 141 Å². The fraction of sp³-hybridized carbons (Fsp3) is 1.00. The molecule has 24 heavy (non-hydrogen) atoms. The summed E-state index contributed by atoms with van der Waals surface area (Å²) in [5.74, 6) is 2.02. The number of hydrogen-bond acceptors (Lipinski definition) is 1. The quantitative estimate of drug-likeness (QED) is 0.489. The lowest BCUT2D eigenvalue weighted by molar-refractivity contribution is -0.393. The fourth-order valence-electron chi connectivity index (χ4n) is 4.49. The van der Waals surface area contributed by atoms with Crippen molar-refractivity contribution in [3.63, 3.8) is 0 Å². The molecule has 0 unspecified atom stereocenters. The lowest BCUT2D eigenvalue weighted by Crippen LogP contribution is -2.40. The molecular formula is C18H29F5O. The van der Waals surface area contributed by atoms with Crippen LogP contribution in [0.3, 0.4) is 0 Å². The molecule has 2 fully saturated rings. The summed E-state index contributed by atoms with van der Waals surface area (Å²) in [7, 11) is 0. The molecule has 142 valence electrons. The van der Waals surface area contributed by atoms with Gasteiger partial charge in [-0.3, -0.25) is 0 Å².